The summed E-state index contributed by atoms with van der Waals surface area (Å²) in [5.41, 5.74) is -0.117. The van der Waals surface area contributed by atoms with Crippen LogP contribution in [0.5, 0.6) is 0 Å². The van der Waals surface area contributed by atoms with Crippen LogP contribution < -0.4 is 16.0 Å². The second-order valence-corrected chi connectivity index (χ2v) is 9.78. The van der Waals surface area contributed by atoms with E-state index >= 15 is 0 Å². The number of nitrogens with zero attached hydrogens (tertiary/aromatic N) is 3. The number of halogens is 7. The zero-order valence-corrected chi connectivity index (χ0v) is 19.2. The molecule has 2 aromatic rings. The minimum atomic E-state index is -5.44. The molecule has 35 heavy (non-hydrogen) atoms. The molecule has 0 unspecified atom stereocenters. The van der Waals surface area contributed by atoms with E-state index < -0.39 is 46.3 Å². The van der Waals surface area contributed by atoms with Gasteiger partial charge in [-0.25, -0.2) is 8.42 Å². The Morgan fingerprint density at radius 1 is 1.09 bits per heavy atom. The van der Waals surface area contributed by atoms with E-state index in [9.17, 15) is 39.6 Å². The zero-order valence-electron chi connectivity index (χ0n) is 17.6. The van der Waals surface area contributed by atoms with Crippen molar-refractivity contribution in [1.29, 1.82) is 0 Å². The predicted molar refractivity (Wildman–Crippen MR) is 115 cm³/mol. The van der Waals surface area contributed by atoms with Gasteiger partial charge in [0.15, 0.2) is 0 Å². The number of carbonyl (C=O) groups is 1. The highest BCUT2D eigenvalue weighted by Gasteiger charge is 2.50. The monoisotopic (exact) mass is 545 g/mol. The molecule has 1 saturated heterocycles. The van der Waals surface area contributed by atoms with Crippen LogP contribution in [0.4, 0.5) is 37.7 Å². The van der Waals surface area contributed by atoms with Crippen molar-refractivity contribution in [2.24, 2.45) is 0 Å². The molecule has 16 heteroatoms. The zero-order chi connectivity index (χ0) is 26.2. The number of sulfonamides is 1. The van der Waals surface area contributed by atoms with Crippen molar-refractivity contribution in [3.63, 3.8) is 0 Å². The summed E-state index contributed by atoms with van der Waals surface area (Å²) in [5.74, 6) is -0.694. The SMILES string of the molecule is Nc1ccc(N2CCN(S(=O)(=O)C(F)(F)F)CC2)cc1C(=O)NCc1ncc(C(F)(F)F)cc1Cl. The predicted octanol–water partition coefficient (Wildman–Crippen LogP) is 3.24. The van der Waals surface area contributed by atoms with Gasteiger partial charge in [0.1, 0.15) is 0 Å². The summed E-state index contributed by atoms with van der Waals surface area (Å²) < 4.78 is 99.9. The highest BCUT2D eigenvalue weighted by Crippen LogP contribution is 2.31. The third-order valence-electron chi connectivity index (χ3n) is 5.18. The lowest BCUT2D eigenvalue weighted by Gasteiger charge is -2.35. The molecule has 1 aromatic carbocycles. The lowest BCUT2D eigenvalue weighted by Crippen LogP contribution is -2.52. The summed E-state index contributed by atoms with van der Waals surface area (Å²) >= 11 is 5.83. The van der Waals surface area contributed by atoms with Crippen LogP contribution in [0.25, 0.3) is 0 Å². The smallest absolute Gasteiger partial charge is 0.398 e. The molecule has 0 spiro atoms. The van der Waals surface area contributed by atoms with Crippen LogP contribution in [-0.2, 0) is 22.7 Å². The molecule has 0 bridgehead atoms. The van der Waals surface area contributed by atoms with E-state index in [1.807, 2.05) is 0 Å². The first kappa shape index (κ1) is 26.8. The van der Waals surface area contributed by atoms with E-state index in [1.54, 1.807) is 4.90 Å². The van der Waals surface area contributed by atoms with Crippen LogP contribution >= 0.6 is 11.6 Å². The van der Waals surface area contributed by atoms with Crippen LogP contribution in [0.15, 0.2) is 30.5 Å². The Morgan fingerprint density at radius 2 is 1.71 bits per heavy atom. The summed E-state index contributed by atoms with van der Waals surface area (Å²) in [6, 6.07) is 4.98. The number of anilines is 2. The van der Waals surface area contributed by atoms with Gasteiger partial charge in [-0.2, -0.15) is 30.6 Å². The van der Waals surface area contributed by atoms with Crippen LogP contribution in [0.2, 0.25) is 5.02 Å². The van der Waals surface area contributed by atoms with Gasteiger partial charge in [0.25, 0.3) is 5.91 Å². The fourth-order valence-corrected chi connectivity index (χ4v) is 4.45. The number of carbonyl (C=O) groups excluding carboxylic acids is 1. The fourth-order valence-electron chi connectivity index (χ4n) is 3.28. The lowest BCUT2D eigenvalue weighted by atomic mass is 10.1. The average Bonchev–Trinajstić information content (AvgIpc) is 2.77. The Bertz CT molecular complexity index is 1210. The standard InChI is InChI=1S/C19H18ClF6N5O3S/c20-14-7-11(18(21,22)23)9-28-16(14)10-29-17(32)13-8-12(1-2-15(13)27)30-3-5-31(6-4-30)35(33,34)19(24,25)26/h1-2,7-9H,3-6,10,27H2,(H,29,32). The molecule has 2 heterocycles. The maximum Gasteiger partial charge on any atom is 0.511 e. The number of nitrogens with two attached hydrogens (primary N) is 1. The topological polar surface area (TPSA) is 109 Å². The van der Waals surface area contributed by atoms with Gasteiger partial charge in [-0.3, -0.25) is 9.78 Å². The van der Waals surface area contributed by atoms with E-state index in [1.165, 1.54) is 18.2 Å². The van der Waals surface area contributed by atoms with Crippen molar-refractivity contribution in [1.82, 2.24) is 14.6 Å². The number of nitrogens with one attached hydrogen (secondary N) is 1. The summed E-state index contributed by atoms with van der Waals surface area (Å²) in [7, 11) is -5.44. The third kappa shape index (κ3) is 5.90. The molecule has 0 aliphatic carbocycles. The fraction of sp³-hybridized carbons (Fsp3) is 0.368. The Morgan fingerprint density at radius 3 is 2.26 bits per heavy atom. The van der Waals surface area contributed by atoms with Gasteiger partial charge in [-0.1, -0.05) is 11.6 Å². The van der Waals surface area contributed by atoms with Crippen LogP contribution in [0.3, 0.4) is 0 Å². The van der Waals surface area contributed by atoms with E-state index in [-0.39, 0.29) is 41.6 Å². The Kier molecular flexibility index (Phi) is 7.43. The minimum absolute atomic E-state index is 0.00382. The average molecular weight is 546 g/mol. The van der Waals surface area contributed by atoms with Gasteiger partial charge in [0.05, 0.1) is 28.4 Å². The van der Waals surface area contributed by atoms with Crippen molar-refractivity contribution < 1.29 is 39.6 Å². The van der Waals surface area contributed by atoms with Gasteiger partial charge in [-0.05, 0) is 24.3 Å². The number of aromatic nitrogens is 1. The van der Waals surface area contributed by atoms with E-state index in [0.717, 1.165) is 0 Å². The van der Waals surface area contributed by atoms with Crippen LogP contribution in [-0.4, -0.2) is 55.3 Å². The van der Waals surface area contributed by atoms with Gasteiger partial charge in [0.2, 0.25) is 0 Å². The number of piperazine rings is 1. The Labute approximate surface area is 200 Å². The van der Waals surface area contributed by atoms with Crippen molar-refractivity contribution >= 4 is 38.9 Å². The normalized spacial score (nSPS) is 15.8. The van der Waals surface area contributed by atoms with Crippen LogP contribution in [0, 0.1) is 0 Å². The van der Waals surface area contributed by atoms with Gasteiger partial charge in [0, 0.05) is 43.8 Å². The van der Waals surface area contributed by atoms with Gasteiger partial charge < -0.3 is 16.0 Å². The molecular weight excluding hydrogens is 528 g/mol. The van der Waals surface area contributed by atoms with E-state index in [4.69, 9.17) is 17.3 Å². The molecule has 8 nitrogen and oxygen atoms in total. The number of pyridine rings is 1. The van der Waals surface area contributed by atoms with E-state index in [0.29, 0.717) is 22.3 Å². The number of alkyl halides is 6. The molecule has 1 aliphatic rings. The number of benzene rings is 1. The quantitative estimate of drug-likeness (QED) is 0.441. The first-order valence-corrected chi connectivity index (χ1v) is 11.6. The van der Waals surface area contributed by atoms with Crippen molar-refractivity contribution in [2.45, 2.75) is 18.2 Å². The van der Waals surface area contributed by atoms with Gasteiger partial charge in [-0.15, -0.1) is 0 Å². The number of amides is 1. The lowest BCUT2D eigenvalue weighted by molar-refractivity contribution is -0.137. The summed E-state index contributed by atoms with van der Waals surface area (Å²) in [5, 5.41) is 2.15. The molecule has 1 aliphatic heterocycles. The van der Waals surface area contributed by atoms with Gasteiger partial charge >= 0.3 is 21.7 Å². The molecule has 3 N–H and O–H groups in total. The molecule has 1 aromatic heterocycles. The second-order valence-electron chi connectivity index (χ2n) is 7.44. The summed E-state index contributed by atoms with van der Waals surface area (Å²) in [6.45, 7) is -1.25. The number of nitrogen functional groups attached to an aromatic ring is 1. The molecule has 192 valence electrons. The van der Waals surface area contributed by atoms with Crippen molar-refractivity contribution in [2.75, 3.05) is 36.8 Å². The molecule has 0 saturated carbocycles. The number of hydrogen-bond donors (Lipinski definition) is 2. The largest absolute Gasteiger partial charge is 0.511 e. The van der Waals surface area contributed by atoms with Crippen molar-refractivity contribution in [3.8, 4) is 0 Å². The van der Waals surface area contributed by atoms with E-state index in [2.05, 4.69) is 10.3 Å². The molecular formula is C19H18ClF6N5O3S. The van der Waals surface area contributed by atoms with Crippen LogP contribution in [0.1, 0.15) is 21.6 Å². The maximum atomic E-state index is 12.8. The highest BCUT2D eigenvalue weighted by molar-refractivity contribution is 7.90. The van der Waals surface area contributed by atoms with Crippen molar-refractivity contribution in [3.05, 3.63) is 52.3 Å². The molecule has 1 amide bonds. The minimum Gasteiger partial charge on any atom is -0.398 e. The first-order valence-electron chi connectivity index (χ1n) is 9.82. The Balaban J connectivity index is 1.68. The summed E-state index contributed by atoms with van der Waals surface area (Å²) in [6.07, 6.45) is -4.04. The molecule has 3 rings (SSSR count). The first-order chi connectivity index (χ1) is 16.1. The molecule has 1 fully saturated rings. The molecule has 0 atom stereocenters. The highest BCUT2D eigenvalue weighted by atomic mass is 35.5. The third-order valence-corrected chi connectivity index (χ3v) is 7.14. The maximum absolute atomic E-state index is 12.8. The Hall–Kier alpha value is -2.78. The number of hydrogen-bond acceptors (Lipinski definition) is 6. The molecule has 0 radical (unpaired) electrons. The summed E-state index contributed by atoms with van der Waals surface area (Å²) in [4.78, 5) is 17.9. The second kappa shape index (κ2) is 9.70. The number of rotatable bonds is 5.